The smallest absolute Gasteiger partial charge is 0.306 e. The van der Waals surface area contributed by atoms with E-state index in [1.54, 1.807) is 0 Å². The van der Waals surface area contributed by atoms with Crippen molar-refractivity contribution in [1.29, 1.82) is 0 Å². The van der Waals surface area contributed by atoms with Crippen molar-refractivity contribution in [2.45, 2.75) is 315 Å². The highest BCUT2D eigenvalue weighted by atomic mass is 16.6. The third-order valence-electron chi connectivity index (χ3n) is 15.8. The van der Waals surface area contributed by atoms with Crippen LogP contribution in [0, 0.1) is 0 Å². The summed E-state index contributed by atoms with van der Waals surface area (Å²) >= 11 is 0. The molecule has 0 saturated carbocycles. The predicted molar refractivity (Wildman–Crippen MR) is 416 cm³/mol. The van der Waals surface area contributed by atoms with Crippen LogP contribution in [0.2, 0.25) is 0 Å². The van der Waals surface area contributed by atoms with Crippen LogP contribution in [0.4, 0.5) is 0 Å². The first-order valence-electron chi connectivity index (χ1n) is 38.3. The Morgan fingerprint density at radius 2 is 0.426 bits per heavy atom. The maximum Gasteiger partial charge on any atom is 0.306 e. The van der Waals surface area contributed by atoms with Crippen molar-refractivity contribution in [3.05, 3.63) is 219 Å². The molecule has 0 amide bonds. The molecule has 94 heavy (non-hydrogen) atoms. The molecule has 1 atom stereocenters. The van der Waals surface area contributed by atoms with Gasteiger partial charge in [-0.2, -0.15) is 0 Å². The highest BCUT2D eigenvalue weighted by Gasteiger charge is 2.16. The van der Waals surface area contributed by atoms with E-state index in [2.05, 4.69) is 233 Å². The fourth-order valence-corrected chi connectivity index (χ4v) is 10.1. The number of rotatable bonds is 68. The zero-order valence-corrected chi connectivity index (χ0v) is 60.4. The summed E-state index contributed by atoms with van der Waals surface area (Å²) in [6.45, 7) is 3.91. The normalized spacial score (nSPS) is 13.5. The number of carbonyl (C=O) groups excluding carboxylic acids is 2. The summed E-state index contributed by atoms with van der Waals surface area (Å²) in [6.07, 6.45) is 131. The van der Waals surface area contributed by atoms with Crippen LogP contribution in [0.3, 0.4) is 0 Å². The van der Waals surface area contributed by atoms with Gasteiger partial charge in [-0.25, -0.2) is 0 Å². The number of carbonyl (C=O) groups is 2. The number of aliphatic hydroxyl groups is 1. The largest absolute Gasteiger partial charge is 0.462 e. The Morgan fingerprint density at radius 3 is 0.638 bits per heavy atom. The number of unbranched alkanes of at least 4 members (excludes halogenated alkanes) is 24. The lowest BCUT2D eigenvalue weighted by atomic mass is 10.0. The summed E-state index contributed by atoms with van der Waals surface area (Å²) in [7, 11) is 0. The van der Waals surface area contributed by atoms with E-state index in [0.29, 0.717) is 12.8 Å². The van der Waals surface area contributed by atoms with Crippen LogP contribution in [-0.2, 0) is 19.1 Å². The molecule has 5 nitrogen and oxygen atoms in total. The van der Waals surface area contributed by atoms with Gasteiger partial charge >= 0.3 is 11.9 Å². The first-order valence-corrected chi connectivity index (χ1v) is 38.3. The molecule has 0 fully saturated rings. The average molecular weight is 1290 g/mol. The van der Waals surface area contributed by atoms with Gasteiger partial charge in [0.25, 0.3) is 0 Å². The Morgan fingerprint density at radius 1 is 0.245 bits per heavy atom. The van der Waals surface area contributed by atoms with Gasteiger partial charge in [-0.15, -0.1) is 0 Å². The Hall–Kier alpha value is -5.78. The average Bonchev–Trinajstić information content (AvgIpc) is 3.77. The van der Waals surface area contributed by atoms with E-state index in [9.17, 15) is 14.7 Å². The summed E-state index contributed by atoms with van der Waals surface area (Å²) in [4.78, 5) is 24.7. The Balaban J connectivity index is 3.57. The molecule has 1 N–H and O–H groups in total. The molecule has 0 aliphatic rings. The van der Waals surface area contributed by atoms with Crippen LogP contribution in [0.15, 0.2) is 219 Å². The number of aliphatic hydroxyl groups excluding tert-OH is 1. The van der Waals surface area contributed by atoms with Crippen molar-refractivity contribution in [3.63, 3.8) is 0 Å². The quantitative estimate of drug-likeness (QED) is 0.0373. The number of esters is 2. The Bertz CT molecular complexity index is 2200. The standard InChI is InChI=1S/C89H140O5/c1-3-5-7-9-11-13-15-17-19-21-23-25-27-29-31-33-35-37-39-41-43-44-46-48-50-52-54-56-58-60-62-64-66-68-70-72-74-76-78-80-82-84-89(92)94-87(85-90)86-93-88(91)83-81-79-77-75-73-71-69-67-65-63-61-59-57-55-53-51-49-47-45-42-40-38-36-34-32-30-28-26-24-22-20-18-16-14-12-10-8-6-4-2/h5-8,11-14,17-20,23-26,29-32,35-38,41-43,45-46,48,52,54,58,60,64,66,87,90H,3-4,9-10,15-16,21-22,27-28,33-34,39-40,44,47,49-51,53,55-57,59,61-63,65,67-86H2,1-2H3/b7-5-,8-6-,13-11-,14-12-,19-17-,20-18-,25-23-,26-24-,31-29-,32-30-,37-35-,38-36-,43-41-,45-42-,48-46-,54-52-,60-58-,66-64-. The van der Waals surface area contributed by atoms with Crippen LogP contribution in [0.25, 0.3) is 0 Å². The Labute approximate surface area is 580 Å². The van der Waals surface area contributed by atoms with E-state index < -0.39 is 6.10 Å². The Kier molecular flexibility index (Phi) is 76.4. The van der Waals surface area contributed by atoms with Gasteiger partial charge in [0.2, 0.25) is 0 Å². The highest BCUT2D eigenvalue weighted by Crippen LogP contribution is 2.16. The molecule has 0 spiro atoms. The van der Waals surface area contributed by atoms with Gasteiger partial charge in [-0.3, -0.25) is 9.59 Å². The van der Waals surface area contributed by atoms with Crippen molar-refractivity contribution >= 4 is 11.9 Å². The van der Waals surface area contributed by atoms with Crippen molar-refractivity contribution < 1.29 is 24.2 Å². The van der Waals surface area contributed by atoms with Gasteiger partial charge in [0.15, 0.2) is 6.10 Å². The molecule has 0 aliphatic carbocycles. The molecular formula is C89H140O5. The first-order chi connectivity index (χ1) is 46.6. The first kappa shape index (κ1) is 88.2. The van der Waals surface area contributed by atoms with E-state index >= 15 is 0 Å². The second-order valence-electron chi connectivity index (χ2n) is 24.6. The second kappa shape index (κ2) is 81.5. The zero-order chi connectivity index (χ0) is 67.5. The molecule has 526 valence electrons. The van der Waals surface area contributed by atoms with Crippen LogP contribution in [0.5, 0.6) is 0 Å². The highest BCUT2D eigenvalue weighted by molar-refractivity contribution is 5.70. The lowest BCUT2D eigenvalue weighted by Gasteiger charge is -2.15. The van der Waals surface area contributed by atoms with Gasteiger partial charge in [0, 0.05) is 12.8 Å². The summed E-state index contributed by atoms with van der Waals surface area (Å²) in [6, 6.07) is 0. The molecule has 0 heterocycles. The zero-order valence-electron chi connectivity index (χ0n) is 60.4. The van der Waals surface area contributed by atoms with Crippen molar-refractivity contribution in [2.75, 3.05) is 13.2 Å². The van der Waals surface area contributed by atoms with Crippen LogP contribution in [0.1, 0.15) is 309 Å². The van der Waals surface area contributed by atoms with Gasteiger partial charge in [-0.05, 0) is 154 Å². The number of ether oxygens (including phenoxy) is 2. The van der Waals surface area contributed by atoms with E-state index in [-0.39, 0.29) is 25.2 Å². The van der Waals surface area contributed by atoms with Crippen LogP contribution < -0.4 is 0 Å². The van der Waals surface area contributed by atoms with Crippen LogP contribution in [-0.4, -0.2) is 36.4 Å². The summed E-state index contributed by atoms with van der Waals surface area (Å²) in [5.41, 5.74) is 0. The summed E-state index contributed by atoms with van der Waals surface area (Å²) in [5, 5.41) is 9.72. The fourth-order valence-electron chi connectivity index (χ4n) is 10.1. The molecular weight excluding hydrogens is 1150 g/mol. The molecule has 0 saturated heterocycles. The number of allylic oxidation sites excluding steroid dienone is 36. The molecule has 0 aromatic heterocycles. The molecule has 1 unspecified atom stereocenters. The monoisotopic (exact) mass is 1290 g/mol. The topological polar surface area (TPSA) is 72.8 Å². The third kappa shape index (κ3) is 78.7. The lowest BCUT2D eigenvalue weighted by Crippen LogP contribution is -2.28. The third-order valence-corrected chi connectivity index (χ3v) is 15.8. The van der Waals surface area contributed by atoms with E-state index in [4.69, 9.17) is 9.47 Å². The van der Waals surface area contributed by atoms with Crippen LogP contribution >= 0.6 is 0 Å². The molecule has 5 heteroatoms. The molecule has 0 aromatic rings. The SMILES string of the molecule is CC/C=C\C/C=C\C/C=C\C/C=C\C/C=C\C/C=C\C/C=C\C/C=C\C/C=C\C/C=C\C/C=C\CCCCCCCCCC(=O)OC(CO)COC(=O)CCCCCCCCCCCCCCCCCCC/C=C\C/C=C\C/C=C\C/C=C\C/C=C\C/C=C\C/C=C\CC. The number of hydrogen-bond donors (Lipinski definition) is 1. The second-order valence-corrected chi connectivity index (χ2v) is 24.6. The van der Waals surface area contributed by atoms with Gasteiger partial charge in [0.1, 0.15) is 6.61 Å². The molecule has 0 radical (unpaired) electrons. The minimum absolute atomic E-state index is 0.0807. The molecule has 0 bridgehead atoms. The van der Waals surface area contributed by atoms with Crippen molar-refractivity contribution in [3.8, 4) is 0 Å². The maximum absolute atomic E-state index is 12.4. The fraction of sp³-hybridized carbons (Fsp3) is 0.573. The minimum Gasteiger partial charge on any atom is -0.462 e. The van der Waals surface area contributed by atoms with Crippen molar-refractivity contribution in [2.24, 2.45) is 0 Å². The molecule has 0 aromatic carbocycles. The van der Waals surface area contributed by atoms with Crippen molar-refractivity contribution in [1.82, 2.24) is 0 Å². The van der Waals surface area contributed by atoms with Gasteiger partial charge < -0.3 is 14.6 Å². The minimum atomic E-state index is -0.794. The molecule has 0 rings (SSSR count). The van der Waals surface area contributed by atoms with Gasteiger partial charge in [0.05, 0.1) is 6.61 Å². The lowest BCUT2D eigenvalue weighted by molar-refractivity contribution is -0.161. The van der Waals surface area contributed by atoms with E-state index in [1.165, 1.54) is 122 Å². The van der Waals surface area contributed by atoms with E-state index in [1.807, 2.05) is 0 Å². The molecule has 0 aliphatic heterocycles. The summed E-state index contributed by atoms with van der Waals surface area (Å²) in [5.74, 6) is -0.609. The maximum atomic E-state index is 12.4. The van der Waals surface area contributed by atoms with E-state index in [0.717, 1.165) is 161 Å². The number of hydrogen-bond acceptors (Lipinski definition) is 5. The van der Waals surface area contributed by atoms with Gasteiger partial charge in [-0.1, -0.05) is 361 Å². The summed E-state index contributed by atoms with van der Waals surface area (Å²) < 4.78 is 10.8. The predicted octanol–water partition coefficient (Wildman–Crippen LogP) is 27.4.